The van der Waals surface area contributed by atoms with Crippen LogP contribution in [0.4, 0.5) is 4.79 Å². The number of hydrogen-bond acceptors (Lipinski definition) is 6. The Bertz CT molecular complexity index is 1110. The summed E-state index contributed by atoms with van der Waals surface area (Å²) in [5.41, 5.74) is 0.665. The lowest BCUT2D eigenvalue weighted by molar-refractivity contribution is -0.139. The largest absolute Gasteiger partial charge is 0.480 e. The fourth-order valence-electron chi connectivity index (χ4n) is 3.49. The van der Waals surface area contributed by atoms with Gasteiger partial charge in [-0.1, -0.05) is 36.3 Å². The number of amides is 3. The van der Waals surface area contributed by atoms with E-state index < -0.39 is 11.1 Å². The lowest BCUT2D eigenvalue weighted by Crippen LogP contribution is -2.46. The number of morpholine rings is 1. The Morgan fingerprint density at radius 1 is 1.19 bits per heavy atom. The molecule has 7 nitrogen and oxygen atoms in total. The van der Waals surface area contributed by atoms with Gasteiger partial charge in [-0.3, -0.25) is 19.3 Å². The number of imide groups is 1. The van der Waals surface area contributed by atoms with Gasteiger partial charge in [0.2, 0.25) is 5.91 Å². The van der Waals surface area contributed by atoms with Gasteiger partial charge in [0.25, 0.3) is 11.1 Å². The third-order valence-electron chi connectivity index (χ3n) is 5.05. The molecule has 0 atom stereocenters. The summed E-state index contributed by atoms with van der Waals surface area (Å²) in [6.07, 6.45) is 6.96. The summed E-state index contributed by atoms with van der Waals surface area (Å²) in [5, 5.41) is 1.36. The van der Waals surface area contributed by atoms with Gasteiger partial charge < -0.3 is 14.4 Å². The minimum absolute atomic E-state index is 0.0781. The molecule has 0 bridgehead atoms. The molecule has 0 saturated carbocycles. The normalized spacial score (nSPS) is 18.0. The van der Waals surface area contributed by atoms with E-state index in [1.54, 1.807) is 17.0 Å². The Kier molecular flexibility index (Phi) is 6.26. The number of terminal acetylenes is 1. The maximum absolute atomic E-state index is 12.9. The third kappa shape index (κ3) is 4.43. The molecule has 31 heavy (non-hydrogen) atoms. The second kappa shape index (κ2) is 9.25. The minimum atomic E-state index is -0.493. The van der Waals surface area contributed by atoms with E-state index in [2.05, 4.69) is 5.92 Å². The Morgan fingerprint density at radius 3 is 2.74 bits per heavy atom. The summed E-state index contributed by atoms with van der Waals surface area (Å²) in [6, 6.07) is 11.4. The molecule has 0 aliphatic carbocycles. The van der Waals surface area contributed by atoms with E-state index in [1.165, 1.54) is 0 Å². The quantitative estimate of drug-likeness (QED) is 0.530. The van der Waals surface area contributed by atoms with Crippen molar-refractivity contribution in [1.82, 2.24) is 9.80 Å². The maximum atomic E-state index is 12.9. The van der Waals surface area contributed by atoms with Crippen LogP contribution in [-0.2, 0) is 14.3 Å². The van der Waals surface area contributed by atoms with Crippen molar-refractivity contribution in [3.63, 3.8) is 0 Å². The molecule has 0 radical (unpaired) electrons. The first-order valence-corrected chi connectivity index (χ1v) is 10.6. The van der Waals surface area contributed by atoms with E-state index in [4.69, 9.17) is 15.9 Å². The molecule has 2 fully saturated rings. The zero-order valence-electron chi connectivity index (χ0n) is 16.7. The molecule has 158 valence electrons. The summed E-state index contributed by atoms with van der Waals surface area (Å²) in [7, 11) is 0. The highest BCUT2D eigenvalue weighted by molar-refractivity contribution is 8.18. The number of rotatable bonds is 5. The van der Waals surface area contributed by atoms with Gasteiger partial charge in [0.15, 0.2) is 0 Å². The van der Waals surface area contributed by atoms with Gasteiger partial charge in [-0.25, -0.2) is 0 Å². The van der Waals surface area contributed by atoms with Crippen LogP contribution in [-0.4, -0.2) is 66.3 Å². The fraction of sp³-hybridized carbons (Fsp3) is 0.261. The van der Waals surface area contributed by atoms with Crippen LogP contribution < -0.4 is 4.74 Å². The highest BCUT2D eigenvalue weighted by atomic mass is 32.2. The van der Waals surface area contributed by atoms with Crippen molar-refractivity contribution in [2.45, 2.75) is 0 Å². The first-order valence-electron chi connectivity index (χ1n) is 9.77. The molecule has 8 heteroatoms. The van der Waals surface area contributed by atoms with Crippen LogP contribution in [0.5, 0.6) is 5.75 Å². The first-order chi connectivity index (χ1) is 15.1. The van der Waals surface area contributed by atoms with Crippen molar-refractivity contribution in [2.75, 3.05) is 39.5 Å². The smallest absolute Gasteiger partial charge is 0.294 e. The van der Waals surface area contributed by atoms with E-state index >= 15 is 0 Å². The van der Waals surface area contributed by atoms with Crippen LogP contribution in [0.15, 0.2) is 41.3 Å². The van der Waals surface area contributed by atoms with Crippen LogP contribution in [0.25, 0.3) is 16.8 Å². The van der Waals surface area contributed by atoms with Crippen LogP contribution in [0.2, 0.25) is 0 Å². The molecule has 0 spiro atoms. The summed E-state index contributed by atoms with van der Waals surface area (Å²) in [4.78, 5) is 40.8. The lowest BCUT2D eigenvalue weighted by atomic mass is 10.0. The average Bonchev–Trinajstić information content (AvgIpc) is 3.06. The van der Waals surface area contributed by atoms with Crippen LogP contribution >= 0.6 is 11.8 Å². The van der Waals surface area contributed by atoms with E-state index in [1.807, 2.05) is 30.3 Å². The monoisotopic (exact) mass is 436 g/mol. The Labute approximate surface area is 184 Å². The van der Waals surface area contributed by atoms with Gasteiger partial charge in [0.1, 0.15) is 18.9 Å². The molecule has 3 amide bonds. The van der Waals surface area contributed by atoms with E-state index in [0.717, 1.165) is 27.4 Å². The van der Waals surface area contributed by atoms with Gasteiger partial charge in [0.05, 0.1) is 18.1 Å². The van der Waals surface area contributed by atoms with Gasteiger partial charge in [-0.05, 0) is 34.7 Å². The molecule has 0 aromatic heterocycles. The zero-order valence-corrected chi connectivity index (χ0v) is 17.5. The van der Waals surface area contributed by atoms with Crippen molar-refractivity contribution in [3.8, 4) is 18.1 Å². The number of hydrogen-bond donors (Lipinski definition) is 0. The number of thioether (sulfide) groups is 1. The number of ether oxygens (including phenoxy) is 2. The minimum Gasteiger partial charge on any atom is -0.480 e. The summed E-state index contributed by atoms with van der Waals surface area (Å²) >= 11 is 0.814. The van der Waals surface area contributed by atoms with Gasteiger partial charge in [-0.2, -0.15) is 0 Å². The predicted octanol–water partition coefficient (Wildman–Crippen LogP) is 2.75. The Balaban J connectivity index is 1.62. The number of carbonyl (C=O) groups excluding carboxylic acids is 3. The number of benzene rings is 2. The maximum Gasteiger partial charge on any atom is 0.294 e. The second-order valence-corrected chi connectivity index (χ2v) is 7.95. The molecule has 2 heterocycles. The summed E-state index contributed by atoms with van der Waals surface area (Å²) in [6.45, 7) is 1.62. The molecule has 2 aliphatic rings. The van der Waals surface area contributed by atoms with Crippen LogP contribution in [0.3, 0.4) is 0 Å². The summed E-state index contributed by atoms with van der Waals surface area (Å²) in [5.74, 6) is 2.19. The van der Waals surface area contributed by atoms with Crippen molar-refractivity contribution in [2.24, 2.45) is 0 Å². The highest BCUT2D eigenvalue weighted by Crippen LogP contribution is 2.36. The van der Waals surface area contributed by atoms with Crippen molar-refractivity contribution < 1.29 is 23.9 Å². The van der Waals surface area contributed by atoms with Crippen molar-refractivity contribution >= 4 is 45.7 Å². The molecule has 0 unspecified atom stereocenters. The van der Waals surface area contributed by atoms with E-state index in [-0.39, 0.29) is 24.0 Å². The van der Waals surface area contributed by atoms with Gasteiger partial charge >= 0.3 is 0 Å². The van der Waals surface area contributed by atoms with Crippen molar-refractivity contribution in [3.05, 3.63) is 46.9 Å². The molecular formula is C23H20N2O5S. The second-order valence-electron chi connectivity index (χ2n) is 6.95. The molecule has 0 N–H and O–H groups in total. The molecule has 2 aliphatic heterocycles. The van der Waals surface area contributed by atoms with Crippen molar-refractivity contribution in [1.29, 1.82) is 0 Å². The highest BCUT2D eigenvalue weighted by Gasteiger charge is 2.37. The Morgan fingerprint density at radius 2 is 1.97 bits per heavy atom. The third-order valence-corrected chi connectivity index (χ3v) is 5.96. The fourth-order valence-corrected chi connectivity index (χ4v) is 4.31. The number of nitrogens with zero attached hydrogens (tertiary/aromatic N) is 2. The molecule has 2 saturated heterocycles. The average molecular weight is 436 g/mol. The standard InChI is InChI=1S/C23H20N2O5S/c1-2-11-30-19-8-7-16-5-3-4-6-17(16)18(19)14-20-22(27)25(23(28)31-20)15-21(26)24-9-12-29-13-10-24/h1,3-8,14H,9-13,15H2. The van der Waals surface area contributed by atoms with Crippen LogP contribution in [0.1, 0.15) is 5.56 Å². The first kappa shape index (κ1) is 21.0. The van der Waals surface area contributed by atoms with E-state index in [9.17, 15) is 14.4 Å². The topological polar surface area (TPSA) is 76.2 Å². The van der Waals surface area contributed by atoms with Crippen LogP contribution in [0, 0.1) is 12.3 Å². The van der Waals surface area contributed by atoms with E-state index in [0.29, 0.717) is 37.6 Å². The van der Waals surface area contributed by atoms with Gasteiger partial charge in [-0.15, -0.1) is 6.42 Å². The Hall–Kier alpha value is -3.28. The molecule has 4 rings (SSSR count). The summed E-state index contributed by atoms with van der Waals surface area (Å²) < 4.78 is 10.9. The number of carbonyl (C=O) groups is 3. The molecule has 2 aromatic rings. The SMILES string of the molecule is C#CCOc1ccc2ccccc2c1C=C1SC(=O)N(CC(=O)N2CCOCC2)C1=O. The number of fused-ring (bicyclic) bond motifs is 1. The van der Waals surface area contributed by atoms with Gasteiger partial charge in [0, 0.05) is 18.7 Å². The lowest BCUT2D eigenvalue weighted by Gasteiger charge is -2.28. The molecular weight excluding hydrogens is 416 g/mol. The zero-order chi connectivity index (χ0) is 21.8. The molecule has 2 aromatic carbocycles. The predicted molar refractivity (Wildman–Crippen MR) is 118 cm³/mol.